The van der Waals surface area contributed by atoms with E-state index in [0.29, 0.717) is 18.0 Å². The smallest absolute Gasteiger partial charge is 0.146 e. The number of ether oxygens (including phenoxy) is 2. The number of benzene rings is 2. The molecule has 0 bridgehead atoms. The van der Waals surface area contributed by atoms with Crippen LogP contribution in [0.2, 0.25) is 0 Å². The number of nitrogen functional groups attached to an aromatic ring is 1. The Labute approximate surface area is 119 Å². The van der Waals surface area contributed by atoms with Crippen molar-refractivity contribution in [3.05, 3.63) is 53.1 Å². The van der Waals surface area contributed by atoms with E-state index in [9.17, 15) is 0 Å². The van der Waals surface area contributed by atoms with Gasteiger partial charge in [0.25, 0.3) is 0 Å². The Hall–Kier alpha value is -2.16. The highest BCUT2D eigenvalue weighted by molar-refractivity contribution is 5.55. The molecule has 20 heavy (non-hydrogen) atoms. The molecule has 2 N–H and O–H groups in total. The predicted octanol–water partition coefficient (Wildman–Crippen LogP) is 3.35. The van der Waals surface area contributed by atoms with Crippen molar-refractivity contribution in [2.24, 2.45) is 0 Å². The first-order valence-electron chi connectivity index (χ1n) is 6.93. The number of aryl methyl sites for hydroxylation is 2. The number of hydrogen-bond acceptors (Lipinski definition) is 3. The molecule has 3 rings (SSSR count). The van der Waals surface area contributed by atoms with Crippen molar-refractivity contribution in [1.29, 1.82) is 0 Å². The number of anilines is 1. The van der Waals surface area contributed by atoms with Crippen LogP contribution in [0.25, 0.3) is 0 Å². The van der Waals surface area contributed by atoms with Crippen LogP contribution in [-0.2, 0) is 19.4 Å². The first-order chi connectivity index (χ1) is 9.76. The maximum Gasteiger partial charge on any atom is 0.146 e. The molecule has 0 atom stereocenters. The summed E-state index contributed by atoms with van der Waals surface area (Å²) in [6.45, 7) is 0.532. The second kappa shape index (κ2) is 5.45. The first kappa shape index (κ1) is 12.9. The average Bonchev–Trinajstić information content (AvgIpc) is 2.94. The van der Waals surface area contributed by atoms with Crippen molar-refractivity contribution in [2.45, 2.75) is 25.9 Å². The second-order valence-electron chi connectivity index (χ2n) is 5.15. The molecule has 2 aromatic carbocycles. The molecule has 0 radical (unpaired) electrons. The molecule has 3 heteroatoms. The number of methoxy groups -OCH3 is 1. The summed E-state index contributed by atoms with van der Waals surface area (Å²) < 4.78 is 11.0. The lowest BCUT2D eigenvalue weighted by molar-refractivity contribution is 0.305. The molecule has 0 saturated carbocycles. The van der Waals surface area contributed by atoms with Crippen molar-refractivity contribution in [1.82, 2.24) is 0 Å². The van der Waals surface area contributed by atoms with E-state index in [1.807, 2.05) is 12.1 Å². The van der Waals surface area contributed by atoms with E-state index in [-0.39, 0.29) is 0 Å². The lowest BCUT2D eigenvalue weighted by Gasteiger charge is -2.11. The van der Waals surface area contributed by atoms with Gasteiger partial charge in [0.15, 0.2) is 0 Å². The summed E-state index contributed by atoms with van der Waals surface area (Å²) in [6, 6.07) is 12.1. The minimum absolute atomic E-state index is 0.532. The van der Waals surface area contributed by atoms with Crippen molar-refractivity contribution < 1.29 is 9.47 Å². The van der Waals surface area contributed by atoms with Gasteiger partial charge in [-0.25, -0.2) is 0 Å². The van der Waals surface area contributed by atoms with Crippen LogP contribution in [0.3, 0.4) is 0 Å². The largest absolute Gasteiger partial charge is 0.497 e. The van der Waals surface area contributed by atoms with E-state index < -0.39 is 0 Å². The molecule has 1 aliphatic carbocycles. The molecule has 0 amide bonds. The summed E-state index contributed by atoms with van der Waals surface area (Å²) in [4.78, 5) is 0. The normalized spacial score (nSPS) is 13.1. The SMILES string of the molecule is COc1ccc(N)c(OCc2ccc3c(c2)CCC3)c1. The van der Waals surface area contributed by atoms with Gasteiger partial charge < -0.3 is 15.2 Å². The van der Waals surface area contributed by atoms with E-state index in [0.717, 1.165) is 5.75 Å². The van der Waals surface area contributed by atoms with E-state index in [4.69, 9.17) is 15.2 Å². The topological polar surface area (TPSA) is 44.5 Å². The molecule has 0 unspecified atom stereocenters. The summed E-state index contributed by atoms with van der Waals surface area (Å²) in [5.74, 6) is 1.42. The van der Waals surface area contributed by atoms with Gasteiger partial charge >= 0.3 is 0 Å². The lowest BCUT2D eigenvalue weighted by Crippen LogP contribution is -2.00. The molecular weight excluding hydrogens is 250 g/mol. The molecule has 1 aliphatic rings. The summed E-state index contributed by atoms with van der Waals surface area (Å²) in [5, 5.41) is 0. The molecule has 0 fully saturated rings. The highest BCUT2D eigenvalue weighted by Crippen LogP contribution is 2.28. The zero-order valence-electron chi connectivity index (χ0n) is 11.7. The van der Waals surface area contributed by atoms with Gasteiger partial charge in [-0.05, 0) is 48.1 Å². The van der Waals surface area contributed by atoms with Crippen molar-refractivity contribution in [2.75, 3.05) is 12.8 Å². The molecule has 0 spiro atoms. The van der Waals surface area contributed by atoms with Gasteiger partial charge in [0, 0.05) is 6.07 Å². The molecule has 0 saturated heterocycles. The second-order valence-corrected chi connectivity index (χ2v) is 5.15. The average molecular weight is 269 g/mol. The standard InChI is InChI=1S/C17H19NO2/c1-19-15-7-8-16(18)17(10-15)20-11-12-5-6-13-3-2-4-14(13)9-12/h5-10H,2-4,11,18H2,1H3. The van der Waals surface area contributed by atoms with Gasteiger partial charge in [-0.2, -0.15) is 0 Å². The fourth-order valence-electron chi connectivity index (χ4n) is 2.64. The third kappa shape index (κ3) is 2.57. The Morgan fingerprint density at radius 3 is 2.75 bits per heavy atom. The fraction of sp³-hybridized carbons (Fsp3) is 0.294. The maximum absolute atomic E-state index is 5.92. The van der Waals surface area contributed by atoms with Crippen LogP contribution in [0.4, 0.5) is 5.69 Å². The molecule has 0 aromatic heterocycles. The Balaban J connectivity index is 1.73. The minimum atomic E-state index is 0.532. The van der Waals surface area contributed by atoms with Crippen LogP contribution < -0.4 is 15.2 Å². The van der Waals surface area contributed by atoms with E-state index in [1.165, 1.54) is 36.0 Å². The minimum Gasteiger partial charge on any atom is -0.497 e. The van der Waals surface area contributed by atoms with Crippen LogP contribution in [0.5, 0.6) is 11.5 Å². The number of hydrogen-bond donors (Lipinski definition) is 1. The van der Waals surface area contributed by atoms with Crippen LogP contribution in [0, 0.1) is 0 Å². The predicted molar refractivity (Wildman–Crippen MR) is 80.2 cm³/mol. The zero-order valence-corrected chi connectivity index (χ0v) is 11.7. The quantitative estimate of drug-likeness (QED) is 0.866. The fourth-order valence-corrected chi connectivity index (χ4v) is 2.64. The van der Waals surface area contributed by atoms with Gasteiger partial charge in [0.05, 0.1) is 12.8 Å². The van der Waals surface area contributed by atoms with Crippen molar-refractivity contribution in [3.8, 4) is 11.5 Å². The maximum atomic E-state index is 5.92. The molecule has 104 valence electrons. The van der Waals surface area contributed by atoms with Crippen LogP contribution in [0.15, 0.2) is 36.4 Å². The highest BCUT2D eigenvalue weighted by atomic mass is 16.5. The van der Waals surface area contributed by atoms with Gasteiger partial charge in [-0.15, -0.1) is 0 Å². The monoisotopic (exact) mass is 269 g/mol. The summed E-state index contributed by atoms with van der Waals surface area (Å²) in [5.41, 5.74) is 10.7. The molecule has 2 aromatic rings. The van der Waals surface area contributed by atoms with E-state index in [2.05, 4.69) is 18.2 Å². The molecule has 3 nitrogen and oxygen atoms in total. The van der Waals surface area contributed by atoms with E-state index >= 15 is 0 Å². The van der Waals surface area contributed by atoms with Gasteiger partial charge in [-0.1, -0.05) is 18.2 Å². The van der Waals surface area contributed by atoms with Crippen molar-refractivity contribution in [3.63, 3.8) is 0 Å². The van der Waals surface area contributed by atoms with Gasteiger partial charge in [0.1, 0.15) is 18.1 Å². The number of fused-ring (bicyclic) bond motifs is 1. The first-order valence-corrected chi connectivity index (χ1v) is 6.93. The lowest BCUT2D eigenvalue weighted by atomic mass is 10.1. The number of rotatable bonds is 4. The summed E-state index contributed by atoms with van der Waals surface area (Å²) >= 11 is 0. The van der Waals surface area contributed by atoms with Gasteiger partial charge in [0.2, 0.25) is 0 Å². The van der Waals surface area contributed by atoms with E-state index in [1.54, 1.807) is 13.2 Å². The summed E-state index contributed by atoms with van der Waals surface area (Å²) in [6.07, 6.45) is 3.66. The Kier molecular flexibility index (Phi) is 3.50. The Morgan fingerprint density at radius 1 is 1.05 bits per heavy atom. The molecular formula is C17H19NO2. The third-order valence-electron chi connectivity index (χ3n) is 3.78. The summed E-state index contributed by atoms with van der Waals surface area (Å²) in [7, 11) is 1.63. The van der Waals surface area contributed by atoms with Gasteiger partial charge in [-0.3, -0.25) is 0 Å². The van der Waals surface area contributed by atoms with Crippen LogP contribution in [0.1, 0.15) is 23.1 Å². The highest BCUT2D eigenvalue weighted by Gasteiger charge is 2.11. The third-order valence-corrected chi connectivity index (χ3v) is 3.78. The molecule has 0 heterocycles. The van der Waals surface area contributed by atoms with Crippen LogP contribution >= 0.6 is 0 Å². The zero-order chi connectivity index (χ0) is 13.9. The van der Waals surface area contributed by atoms with Crippen LogP contribution in [-0.4, -0.2) is 7.11 Å². The Bertz CT molecular complexity index is 622. The Morgan fingerprint density at radius 2 is 1.90 bits per heavy atom. The number of nitrogens with two attached hydrogens (primary N) is 1. The molecule has 0 aliphatic heterocycles. The van der Waals surface area contributed by atoms with Crippen molar-refractivity contribution >= 4 is 5.69 Å².